The number of fused-ring (bicyclic) bond motifs is 3. The second-order valence-corrected chi connectivity index (χ2v) is 7.85. The van der Waals surface area contributed by atoms with Crippen LogP contribution in [0.15, 0.2) is 0 Å². The maximum atomic E-state index is 6.03. The van der Waals surface area contributed by atoms with Gasteiger partial charge in [0.1, 0.15) is 31.0 Å². The molecule has 3 saturated heterocycles. The van der Waals surface area contributed by atoms with E-state index in [-0.39, 0.29) is 29.3 Å². The highest BCUT2D eigenvalue weighted by Gasteiger charge is 2.60. The third-order valence-corrected chi connectivity index (χ3v) is 4.53. The van der Waals surface area contributed by atoms with Gasteiger partial charge < -0.3 is 28.4 Å². The van der Waals surface area contributed by atoms with Crippen LogP contribution in [-0.4, -0.2) is 63.8 Å². The van der Waals surface area contributed by atoms with E-state index in [0.29, 0.717) is 0 Å². The molecule has 26 heavy (non-hydrogen) atoms. The average molecular weight is 408 g/mol. The summed E-state index contributed by atoms with van der Waals surface area (Å²) >= 11 is 11.5. The van der Waals surface area contributed by atoms with Gasteiger partial charge >= 0.3 is 6.01 Å². The Morgan fingerprint density at radius 1 is 0.846 bits per heavy atom. The summed E-state index contributed by atoms with van der Waals surface area (Å²) in [7, 11) is 0. The first-order valence-electron chi connectivity index (χ1n) is 8.18. The molecule has 0 unspecified atom stereocenters. The lowest BCUT2D eigenvalue weighted by Crippen LogP contribution is -2.56. The van der Waals surface area contributed by atoms with E-state index in [4.69, 9.17) is 51.6 Å². The molecule has 144 valence electrons. The molecule has 1 aromatic rings. The van der Waals surface area contributed by atoms with Crippen molar-refractivity contribution in [2.45, 2.75) is 70.0 Å². The third-order valence-electron chi connectivity index (χ3n) is 4.19. The van der Waals surface area contributed by atoms with E-state index in [1.165, 1.54) is 0 Å². The fourth-order valence-corrected chi connectivity index (χ4v) is 3.71. The lowest BCUT2D eigenvalue weighted by atomic mass is 9.99. The van der Waals surface area contributed by atoms with Gasteiger partial charge in [0, 0.05) is 0 Å². The predicted octanol–water partition coefficient (Wildman–Crippen LogP) is 1.95. The first-order valence-corrected chi connectivity index (χ1v) is 8.94. The van der Waals surface area contributed by atoms with Gasteiger partial charge in [-0.1, -0.05) is 0 Å². The molecule has 0 spiro atoms. The minimum atomic E-state index is -0.777. The third kappa shape index (κ3) is 3.62. The maximum Gasteiger partial charge on any atom is 0.322 e. The molecule has 0 saturated carbocycles. The SMILES string of the molecule is CC1(C)O[C@H]2[C@@H](O1)[C@@H](COc1nc(Cl)nc(Cl)n1)O[C@@H]1OC(C)(C)O[C@@H]12. The predicted molar refractivity (Wildman–Crippen MR) is 87.9 cm³/mol. The molecule has 0 amide bonds. The molecular formula is C15H19Cl2N3O6. The van der Waals surface area contributed by atoms with Crippen LogP contribution in [0.25, 0.3) is 0 Å². The van der Waals surface area contributed by atoms with E-state index in [2.05, 4.69) is 15.0 Å². The Kier molecular flexibility index (Phi) is 4.54. The van der Waals surface area contributed by atoms with E-state index >= 15 is 0 Å². The molecule has 0 aromatic carbocycles. The van der Waals surface area contributed by atoms with Crippen molar-refractivity contribution in [3.63, 3.8) is 0 Å². The van der Waals surface area contributed by atoms with Gasteiger partial charge in [0.25, 0.3) is 0 Å². The Morgan fingerprint density at radius 3 is 2.12 bits per heavy atom. The number of halogens is 2. The van der Waals surface area contributed by atoms with Gasteiger partial charge in [0.15, 0.2) is 17.9 Å². The zero-order valence-electron chi connectivity index (χ0n) is 14.6. The van der Waals surface area contributed by atoms with Gasteiger partial charge in [-0.05, 0) is 50.9 Å². The van der Waals surface area contributed by atoms with Crippen LogP contribution in [0.3, 0.4) is 0 Å². The van der Waals surface area contributed by atoms with Crippen molar-refractivity contribution in [2.24, 2.45) is 0 Å². The van der Waals surface area contributed by atoms with Crippen LogP contribution in [-0.2, 0) is 23.7 Å². The molecule has 5 atom stereocenters. The number of ether oxygens (including phenoxy) is 6. The maximum absolute atomic E-state index is 6.03. The summed E-state index contributed by atoms with van der Waals surface area (Å²) in [5.41, 5.74) is 0. The molecule has 1 aromatic heterocycles. The molecule has 0 radical (unpaired) electrons. The Bertz CT molecular complexity index is 686. The number of rotatable bonds is 3. The van der Waals surface area contributed by atoms with Crippen LogP contribution in [0.1, 0.15) is 27.7 Å². The zero-order valence-corrected chi connectivity index (χ0v) is 16.2. The molecule has 9 nitrogen and oxygen atoms in total. The van der Waals surface area contributed by atoms with E-state index in [0.717, 1.165) is 0 Å². The van der Waals surface area contributed by atoms with Crippen molar-refractivity contribution in [1.29, 1.82) is 0 Å². The first-order chi connectivity index (χ1) is 12.1. The van der Waals surface area contributed by atoms with Gasteiger partial charge in [0.05, 0.1) is 0 Å². The largest absolute Gasteiger partial charge is 0.460 e. The fraction of sp³-hybridized carbons (Fsp3) is 0.800. The van der Waals surface area contributed by atoms with Crippen molar-refractivity contribution in [3.8, 4) is 6.01 Å². The van der Waals surface area contributed by atoms with E-state index in [9.17, 15) is 0 Å². The lowest BCUT2D eigenvalue weighted by Gasteiger charge is -2.36. The van der Waals surface area contributed by atoms with Gasteiger partial charge in [-0.2, -0.15) is 15.0 Å². The van der Waals surface area contributed by atoms with E-state index in [1.54, 1.807) is 0 Å². The molecule has 11 heteroatoms. The summed E-state index contributed by atoms with van der Waals surface area (Å²) in [5, 5.41) is -0.114. The van der Waals surface area contributed by atoms with Crippen molar-refractivity contribution >= 4 is 23.2 Å². The summed E-state index contributed by atoms with van der Waals surface area (Å²) in [4.78, 5) is 11.4. The van der Waals surface area contributed by atoms with Crippen molar-refractivity contribution in [3.05, 3.63) is 10.6 Å². The molecule has 4 heterocycles. The number of hydrogen-bond acceptors (Lipinski definition) is 9. The van der Waals surface area contributed by atoms with Crippen LogP contribution in [0.2, 0.25) is 10.6 Å². The van der Waals surface area contributed by atoms with Gasteiger partial charge in [-0.3, -0.25) is 0 Å². The molecule has 0 aliphatic carbocycles. The number of aromatic nitrogens is 3. The van der Waals surface area contributed by atoms with Crippen molar-refractivity contribution in [1.82, 2.24) is 15.0 Å². The Morgan fingerprint density at radius 2 is 1.42 bits per heavy atom. The molecule has 3 aliphatic heterocycles. The fourth-order valence-electron chi connectivity index (χ4n) is 3.36. The highest BCUT2D eigenvalue weighted by Crippen LogP contribution is 2.44. The zero-order chi connectivity index (χ0) is 18.7. The standard InChI is InChI=1S/C15H19Cl2N3O6/c1-14(2)23-7-6(5-21-13-19-11(16)18-12(17)20-13)22-10-9(8(7)24-14)25-15(3,4)26-10/h6-10H,5H2,1-4H3/t6-,7+,8+,9-,10-/m1/s1. The monoisotopic (exact) mass is 407 g/mol. The van der Waals surface area contributed by atoms with E-state index in [1.807, 2.05) is 27.7 Å². The summed E-state index contributed by atoms with van der Waals surface area (Å²) in [6.07, 6.45) is -2.24. The second-order valence-electron chi connectivity index (χ2n) is 7.17. The second kappa shape index (κ2) is 6.37. The molecule has 4 rings (SSSR count). The molecular weight excluding hydrogens is 389 g/mol. The molecule has 0 bridgehead atoms. The normalized spacial score (nSPS) is 37.2. The summed E-state index contributed by atoms with van der Waals surface area (Å²) < 4.78 is 35.4. The van der Waals surface area contributed by atoms with Crippen LogP contribution in [0.4, 0.5) is 0 Å². The quantitative estimate of drug-likeness (QED) is 0.744. The smallest absolute Gasteiger partial charge is 0.322 e. The topological polar surface area (TPSA) is 94.1 Å². The average Bonchev–Trinajstić information content (AvgIpc) is 2.98. The van der Waals surface area contributed by atoms with Gasteiger partial charge in [-0.15, -0.1) is 0 Å². The minimum absolute atomic E-state index is 0.000584. The van der Waals surface area contributed by atoms with Crippen molar-refractivity contribution in [2.75, 3.05) is 6.61 Å². The van der Waals surface area contributed by atoms with Crippen LogP contribution in [0, 0.1) is 0 Å². The minimum Gasteiger partial charge on any atom is -0.460 e. The Hall–Kier alpha value is -0.810. The summed E-state index contributed by atoms with van der Waals surface area (Å²) in [6, 6.07) is -0.000584. The summed E-state index contributed by atoms with van der Waals surface area (Å²) in [6.45, 7) is 7.41. The van der Waals surface area contributed by atoms with Gasteiger partial charge in [-0.25, -0.2) is 0 Å². The highest BCUT2D eigenvalue weighted by molar-refractivity contribution is 6.31. The summed E-state index contributed by atoms with van der Waals surface area (Å²) in [5.74, 6) is -1.55. The van der Waals surface area contributed by atoms with Crippen molar-refractivity contribution < 1.29 is 28.4 Å². The lowest BCUT2D eigenvalue weighted by molar-refractivity contribution is -0.238. The Labute approximate surface area is 160 Å². The van der Waals surface area contributed by atoms with Gasteiger partial charge in [0.2, 0.25) is 10.6 Å². The number of nitrogens with zero attached hydrogens (tertiary/aromatic N) is 3. The molecule has 3 fully saturated rings. The molecule has 3 aliphatic rings. The van der Waals surface area contributed by atoms with Crippen LogP contribution in [0.5, 0.6) is 6.01 Å². The highest BCUT2D eigenvalue weighted by atomic mass is 35.5. The molecule has 0 N–H and O–H groups in total. The van der Waals surface area contributed by atoms with E-state index < -0.39 is 36.2 Å². The Balaban J connectivity index is 1.52. The van der Waals surface area contributed by atoms with Crippen LogP contribution < -0.4 is 4.74 Å². The van der Waals surface area contributed by atoms with Crippen LogP contribution >= 0.6 is 23.2 Å². The number of hydrogen-bond donors (Lipinski definition) is 0. The first kappa shape index (κ1) is 18.5.